The first kappa shape index (κ1) is 23.1. The van der Waals surface area contributed by atoms with Gasteiger partial charge in [0.1, 0.15) is 0 Å². The van der Waals surface area contributed by atoms with E-state index in [0.717, 1.165) is 0 Å². The molecule has 0 saturated heterocycles. The molecule has 0 aromatic heterocycles. The van der Waals surface area contributed by atoms with Crippen molar-refractivity contribution in [3.05, 3.63) is 70.3 Å². The fourth-order valence-corrected chi connectivity index (χ4v) is 4.43. The van der Waals surface area contributed by atoms with E-state index in [4.69, 9.17) is 5.11 Å². The van der Waals surface area contributed by atoms with Crippen LogP contribution in [0.1, 0.15) is 24.4 Å². The number of hydrogen-bond donors (Lipinski definition) is 4. The van der Waals surface area contributed by atoms with Gasteiger partial charge in [0.15, 0.2) is 8.03 Å². The Kier molecular flexibility index (Phi) is 8.08. The van der Waals surface area contributed by atoms with Crippen molar-refractivity contribution in [2.24, 2.45) is 5.92 Å². The SMILES string of the molecule is O=C(O)CCC(C(=O)O)C(C(Nc1cccc([N+](=O)[O-])c1)c1ccccc1)[PH](=O)O. The van der Waals surface area contributed by atoms with Gasteiger partial charge in [-0.3, -0.25) is 24.3 Å². The summed E-state index contributed by atoms with van der Waals surface area (Å²) >= 11 is 0. The van der Waals surface area contributed by atoms with E-state index in [2.05, 4.69) is 5.32 Å². The van der Waals surface area contributed by atoms with Gasteiger partial charge in [0.2, 0.25) is 0 Å². The van der Waals surface area contributed by atoms with Crippen LogP contribution in [-0.2, 0) is 14.2 Å². The zero-order valence-electron chi connectivity index (χ0n) is 15.7. The second-order valence-electron chi connectivity index (χ2n) is 6.58. The molecule has 0 bridgehead atoms. The van der Waals surface area contributed by atoms with Gasteiger partial charge < -0.3 is 20.4 Å². The molecule has 4 unspecified atom stereocenters. The van der Waals surface area contributed by atoms with E-state index in [0.29, 0.717) is 5.56 Å². The van der Waals surface area contributed by atoms with Crippen LogP contribution in [0.15, 0.2) is 54.6 Å². The summed E-state index contributed by atoms with van der Waals surface area (Å²) < 4.78 is 12.3. The third kappa shape index (κ3) is 6.13. The summed E-state index contributed by atoms with van der Waals surface area (Å²) in [6, 6.07) is 12.7. The third-order valence-electron chi connectivity index (χ3n) is 4.60. The predicted octanol–water partition coefficient (Wildman–Crippen LogP) is 3.15. The average Bonchev–Trinajstić information content (AvgIpc) is 2.70. The van der Waals surface area contributed by atoms with Crippen LogP contribution in [0, 0.1) is 16.0 Å². The molecule has 0 heterocycles. The highest BCUT2D eigenvalue weighted by Gasteiger charge is 2.39. The normalized spacial score (nSPS) is 14.8. The smallest absolute Gasteiger partial charge is 0.307 e. The molecule has 11 heteroatoms. The molecule has 160 valence electrons. The summed E-state index contributed by atoms with van der Waals surface area (Å²) in [6.07, 6.45) is -0.826. The van der Waals surface area contributed by atoms with Crippen LogP contribution in [-0.4, -0.2) is 37.6 Å². The number of nitrogens with one attached hydrogen (secondary N) is 1. The van der Waals surface area contributed by atoms with Gasteiger partial charge in [0, 0.05) is 24.2 Å². The van der Waals surface area contributed by atoms with E-state index in [1.54, 1.807) is 30.3 Å². The van der Waals surface area contributed by atoms with Gasteiger partial charge in [0.25, 0.3) is 5.69 Å². The van der Waals surface area contributed by atoms with Crippen molar-refractivity contribution >= 4 is 31.3 Å². The Bertz CT molecular complexity index is 937. The lowest BCUT2D eigenvalue weighted by atomic mass is 9.90. The molecule has 0 amide bonds. The van der Waals surface area contributed by atoms with Crippen molar-refractivity contribution in [3.63, 3.8) is 0 Å². The summed E-state index contributed by atoms with van der Waals surface area (Å²) in [5, 5.41) is 32.6. The number of anilines is 1. The molecule has 2 rings (SSSR count). The minimum atomic E-state index is -3.47. The fourth-order valence-electron chi connectivity index (χ4n) is 3.21. The number of carbonyl (C=O) groups is 2. The Labute approximate surface area is 172 Å². The predicted molar refractivity (Wildman–Crippen MR) is 109 cm³/mol. The summed E-state index contributed by atoms with van der Waals surface area (Å²) in [7, 11) is -3.47. The van der Waals surface area contributed by atoms with E-state index >= 15 is 0 Å². The molecule has 2 aromatic carbocycles. The topological polar surface area (TPSA) is 167 Å². The van der Waals surface area contributed by atoms with Crippen LogP contribution in [0.3, 0.4) is 0 Å². The Hall–Kier alpha value is -3.23. The Morgan fingerprint density at radius 2 is 1.77 bits per heavy atom. The molecule has 0 aliphatic rings. The van der Waals surface area contributed by atoms with E-state index in [-0.39, 0.29) is 17.8 Å². The molecule has 10 nitrogen and oxygen atoms in total. The third-order valence-corrected chi connectivity index (χ3v) is 5.91. The van der Waals surface area contributed by atoms with Gasteiger partial charge in [-0.1, -0.05) is 36.4 Å². The maximum absolute atomic E-state index is 12.3. The Morgan fingerprint density at radius 1 is 1.10 bits per heavy atom. The number of nitro benzene ring substituents is 1. The Balaban J connectivity index is 2.51. The minimum absolute atomic E-state index is 0.208. The lowest BCUT2D eigenvalue weighted by Crippen LogP contribution is -2.35. The second kappa shape index (κ2) is 10.5. The molecule has 0 aliphatic carbocycles. The summed E-state index contributed by atoms with van der Waals surface area (Å²) in [5.41, 5.74) is -0.814. The zero-order chi connectivity index (χ0) is 22.3. The lowest BCUT2D eigenvalue weighted by molar-refractivity contribution is -0.384. The first-order valence-corrected chi connectivity index (χ1v) is 10.4. The van der Waals surface area contributed by atoms with E-state index in [9.17, 15) is 34.3 Å². The molecule has 0 aliphatic heterocycles. The van der Waals surface area contributed by atoms with Crippen molar-refractivity contribution in [2.45, 2.75) is 24.5 Å². The standard InChI is InChI=1S/C19H21N2O8P/c22-16(23)10-9-15(19(24)25)18(30(28)29)17(12-5-2-1-3-6-12)20-13-7-4-8-14(11-13)21(26)27/h1-8,11,15,17-18,20,30H,9-10H2,(H,22,23)(H,24,25)(H,28,29). The number of aliphatic carboxylic acids is 2. The first-order valence-electron chi connectivity index (χ1n) is 8.94. The van der Waals surface area contributed by atoms with E-state index in [1.807, 2.05) is 0 Å². The van der Waals surface area contributed by atoms with E-state index in [1.165, 1.54) is 24.3 Å². The van der Waals surface area contributed by atoms with Crippen LogP contribution in [0.2, 0.25) is 0 Å². The molecule has 2 aromatic rings. The first-order chi connectivity index (χ1) is 14.2. The molecule has 4 atom stereocenters. The highest BCUT2D eigenvalue weighted by Crippen LogP contribution is 2.42. The number of carboxylic acid groups (broad SMARTS) is 2. The quantitative estimate of drug-likeness (QED) is 0.235. The number of benzene rings is 2. The molecule has 0 saturated carbocycles. The van der Waals surface area contributed by atoms with Gasteiger partial charge in [-0.25, -0.2) is 0 Å². The van der Waals surface area contributed by atoms with Crippen LogP contribution in [0.25, 0.3) is 0 Å². The highest BCUT2D eigenvalue weighted by atomic mass is 31.1. The van der Waals surface area contributed by atoms with E-state index < -0.39 is 48.9 Å². The van der Waals surface area contributed by atoms with Crippen LogP contribution >= 0.6 is 8.03 Å². The lowest BCUT2D eigenvalue weighted by Gasteiger charge is -2.31. The summed E-state index contributed by atoms with van der Waals surface area (Å²) in [5.74, 6) is -4.04. The molecule has 0 spiro atoms. The minimum Gasteiger partial charge on any atom is -0.481 e. The molecule has 0 fully saturated rings. The maximum atomic E-state index is 12.3. The van der Waals surface area contributed by atoms with Gasteiger partial charge >= 0.3 is 11.9 Å². The zero-order valence-corrected chi connectivity index (χ0v) is 16.7. The van der Waals surface area contributed by atoms with Crippen LogP contribution < -0.4 is 5.32 Å². The van der Waals surface area contributed by atoms with Gasteiger partial charge in [-0.2, -0.15) is 0 Å². The molecule has 4 N–H and O–H groups in total. The van der Waals surface area contributed by atoms with Gasteiger partial charge in [-0.05, 0) is 18.1 Å². The largest absolute Gasteiger partial charge is 0.481 e. The van der Waals surface area contributed by atoms with Gasteiger partial charge in [-0.15, -0.1) is 0 Å². The number of non-ortho nitro benzene ring substituents is 1. The number of carboxylic acids is 2. The van der Waals surface area contributed by atoms with Crippen molar-refractivity contribution in [3.8, 4) is 0 Å². The average molecular weight is 436 g/mol. The Morgan fingerprint density at radius 3 is 2.30 bits per heavy atom. The number of nitro groups is 1. The van der Waals surface area contributed by atoms with Gasteiger partial charge in [0.05, 0.1) is 22.5 Å². The van der Waals surface area contributed by atoms with Crippen molar-refractivity contribution < 1.29 is 34.2 Å². The van der Waals surface area contributed by atoms with Crippen molar-refractivity contribution in [2.75, 3.05) is 5.32 Å². The van der Waals surface area contributed by atoms with Crippen LogP contribution in [0.5, 0.6) is 0 Å². The summed E-state index contributed by atoms with van der Waals surface area (Å²) in [4.78, 5) is 43.3. The maximum Gasteiger partial charge on any atom is 0.307 e. The fraction of sp³-hybridized carbons (Fsp3) is 0.263. The molecular weight excluding hydrogens is 415 g/mol. The van der Waals surface area contributed by atoms with Crippen LogP contribution in [0.4, 0.5) is 11.4 Å². The molecular formula is C19H21N2O8P. The molecule has 30 heavy (non-hydrogen) atoms. The van der Waals surface area contributed by atoms with Crippen molar-refractivity contribution in [1.82, 2.24) is 0 Å². The highest BCUT2D eigenvalue weighted by molar-refractivity contribution is 7.39. The monoisotopic (exact) mass is 436 g/mol. The number of hydrogen-bond acceptors (Lipinski definition) is 6. The number of rotatable bonds is 11. The second-order valence-corrected chi connectivity index (χ2v) is 7.92. The number of nitrogens with zero attached hydrogens (tertiary/aromatic N) is 1. The van der Waals surface area contributed by atoms with Crippen molar-refractivity contribution in [1.29, 1.82) is 0 Å². The summed E-state index contributed by atoms with van der Waals surface area (Å²) in [6.45, 7) is 0. The molecule has 0 radical (unpaired) electrons.